The zero-order chi connectivity index (χ0) is 13.8. The Balaban J connectivity index is 2.03. The van der Waals surface area contributed by atoms with Crippen molar-refractivity contribution in [2.75, 3.05) is 0 Å². The normalized spacial score (nSPS) is 13.8. The molecule has 0 spiro atoms. The number of nitrogens with zero attached hydrogens (tertiary/aromatic N) is 2. The molecule has 3 nitrogen and oxygen atoms in total. The van der Waals surface area contributed by atoms with E-state index in [1.165, 1.54) is 0 Å². The van der Waals surface area contributed by atoms with Crippen molar-refractivity contribution in [3.8, 4) is 0 Å². The van der Waals surface area contributed by atoms with Gasteiger partial charge in [0.15, 0.2) is 0 Å². The number of benzene rings is 2. The number of aliphatic hydroxyl groups excluding tert-OH is 1. The van der Waals surface area contributed by atoms with Crippen LogP contribution in [0.5, 0.6) is 0 Å². The minimum atomic E-state index is -0.618. The third kappa shape index (κ3) is 2.49. The van der Waals surface area contributed by atoms with Gasteiger partial charge in [0.1, 0.15) is 6.10 Å². The van der Waals surface area contributed by atoms with Crippen molar-refractivity contribution in [2.45, 2.75) is 12.1 Å². The summed E-state index contributed by atoms with van der Waals surface area (Å²) in [6.45, 7) is 0. The maximum Gasteiger partial charge on any atom is 0.104 e. The second-order valence-electron chi connectivity index (χ2n) is 4.72. The van der Waals surface area contributed by atoms with Crippen LogP contribution in [0.25, 0.3) is 0 Å². The average Bonchev–Trinajstić information content (AvgIpc) is 3.03. The van der Waals surface area contributed by atoms with Crippen LogP contribution in [0.1, 0.15) is 23.3 Å². The van der Waals surface area contributed by atoms with E-state index < -0.39 is 6.10 Å². The van der Waals surface area contributed by atoms with Crippen molar-refractivity contribution < 1.29 is 5.11 Å². The van der Waals surface area contributed by atoms with Gasteiger partial charge in [-0.05, 0) is 11.1 Å². The van der Waals surface area contributed by atoms with Gasteiger partial charge in [-0.25, -0.2) is 4.98 Å². The van der Waals surface area contributed by atoms with Gasteiger partial charge in [-0.15, -0.1) is 0 Å². The topological polar surface area (TPSA) is 38.0 Å². The molecule has 0 aliphatic rings. The van der Waals surface area contributed by atoms with Crippen LogP contribution in [0, 0.1) is 0 Å². The van der Waals surface area contributed by atoms with E-state index in [9.17, 15) is 5.11 Å². The van der Waals surface area contributed by atoms with E-state index in [0.717, 1.165) is 11.1 Å². The van der Waals surface area contributed by atoms with Gasteiger partial charge in [-0.3, -0.25) is 0 Å². The Labute approximate surface area is 118 Å². The maximum atomic E-state index is 10.8. The molecule has 2 aromatic carbocycles. The number of aliphatic hydroxyl groups is 1. The molecule has 0 saturated carbocycles. The molecule has 3 aromatic rings. The summed E-state index contributed by atoms with van der Waals surface area (Å²) in [5, 5.41) is 10.8. The lowest BCUT2D eigenvalue weighted by Gasteiger charge is -2.25. The molecule has 0 bridgehead atoms. The molecule has 0 fully saturated rings. The van der Waals surface area contributed by atoms with Crippen LogP contribution >= 0.6 is 0 Å². The summed E-state index contributed by atoms with van der Waals surface area (Å²) in [4.78, 5) is 4.10. The Morgan fingerprint density at radius 1 is 0.850 bits per heavy atom. The largest absolute Gasteiger partial charge is 0.386 e. The minimum absolute atomic E-state index is 0.180. The van der Waals surface area contributed by atoms with Crippen LogP contribution in [-0.2, 0) is 0 Å². The first-order chi connectivity index (χ1) is 9.86. The summed E-state index contributed by atoms with van der Waals surface area (Å²) < 4.78 is 1.94. The van der Waals surface area contributed by atoms with Gasteiger partial charge in [0.25, 0.3) is 0 Å². The SMILES string of the molecule is OC(c1ccccc1)C(c1ccccc1)n1ccnc1. The van der Waals surface area contributed by atoms with E-state index in [1.54, 1.807) is 12.5 Å². The summed E-state index contributed by atoms with van der Waals surface area (Å²) in [5.41, 5.74) is 1.96. The molecule has 100 valence electrons. The van der Waals surface area contributed by atoms with Crippen LogP contribution in [0.4, 0.5) is 0 Å². The lowest BCUT2D eigenvalue weighted by Crippen LogP contribution is -2.18. The predicted molar refractivity (Wildman–Crippen MR) is 78.2 cm³/mol. The second kappa shape index (κ2) is 5.72. The van der Waals surface area contributed by atoms with E-state index in [4.69, 9.17) is 0 Å². The van der Waals surface area contributed by atoms with E-state index in [-0.39, 0.29) is 6.04 Å². The van der Waals surface area contributed by atoms with Crippen molar-refractivity contribution in [1.29, 1.82) is 0 Å². The van der Waals surface area contributed by atoms with Crippen molar-refractivity contribution in [3.05, 3.63) is 90.5 Å². The van der Waals surface area contributed by atoms with Crippen molar-refractivity contribution >= 4 is 0 Å². The Morgan fingerprint density at radius 3 is 2.00 bits per heavy atom. The molecule has 2 unspecified atom stereocenters. The van der Waals surface area contributed by atoms with Crippen LogP contribution in [-0.4, -0.2) is 14.7 Å². The Bertz CT molecular complexity index is 635. The van der Waals surface area contributed by atoms with Crippen LogP contribution in [0.2, 0.25) is 0 Å². The minimum Gasteiger partial charge on any atom is -0.386 e. The molecule has 0 radical (unpaired) electrons. The van der Waals surface area contributed by atoms with Gasteiger partial charge in [-0.2, -0.15) is 0 Å². The number of hydrogen-bond acceptors (Lipinski definition) is 2. The van der Waals surface area contributed by atoms with Crippen molar-refractivity contribution in [3.63, 3.8) is 0 Å². The zero-order valence-corrected chi connectivity index (χ0v) is 11.0. The molecule has 3 rings (SSSR count). The number of aromatic nitrogens is 2. The molecule has 0 aliphatic heterocycles. The molecule has 1 N–H and O–H groups in total. The summed E-state index contributed by atoms with van der Waals surface area (Å²) in [7, 11) is 0. The van der Waals surface area contributed by atoms with E-state index >= 15 is 0 Å². The Kier molecular flexibility index (Phi) is 3.61. The molecule has 0 aliphatic carbocycles. The second-order valence-corrected chi connectivity index (χ2v) is 4.72. The summed E-state index contributed by atoms with van der Waals surface area (Å²) in [6, 6.07) is 19.5. The average molecular weight is 264 g/mol. The fourth-order valence-electron chi connectivity index (χ4n) is 2.43. The highest BCUT2D eigenvalue weighted by atomic mass is 16.3. The first-order valence-corrected chi connectivity index (χ1v) is 6.61. The predicted octanol–water partition coefficient (Wildman–Crippen LogP) is 3.21. The van der Waals surface area contributed by atoms with Gasteiger partial charge in [0.05, 0.1) is 12.4 Å². The smallest absolute Gasteiger partial charge is 0.104 e. The van der Waals surface area contributed by atoms with Gasteiger partial charge in [0.2, 0.25) is 0 Å². The number of imidazole rings is 1. The molecule has 20 heavy (non-hydrogen) atoms. The third-order valence-electron chi connectivity index (χ3n) is 3.43. The summed E-state index contributed by atoms with van der Waals surface area (Å²) >= 11 is 0. The van der Waals surface area contributed by atoms with Gasteiger partial charge in [0, 0.05) is 12.4 Å². The van der Waals surface area contributed by atoms with E-state index in [0.29, 0.717) is 0 Å². The lowest BCUT2D eigenvalue weighted by atomic mass is 9.95. The van der Waals surface area contributed by atoms with Gasteiger partial charge >= 0.3 is 0 Å². The fourth-order valence-corrected chi connectivity index (χ4v) is 2.43. The quantitative estimate of drug-likeness (QED) is 0.785. The standard InChI is InChI=1S/C17H16N2O/c20-17(15-9-5-2-6-10-15)16(19-12-11-18-13-19)14-7-3-1-4-8-14/h1-13,16-17,20H. The monoisotopic (exact) mass is 264 g/mol. The first-order valence-electron chi connectivity index (χ1n) is 6.61. The van der Waals surface area contributed by atoms with Crippen LogP contribution < -0.4 is 0 Å². The zero-order valence-electron chi connectivity index (χ0n) is 11.0. The third-order valence-corrected chi connectivity index (χ3v) is 3.43. The highest BCUT2D eigenvalue weighted by Gasteiger charge is 2.23. The van der Waals surface area contributed by atoms with Crippen molar-refractivity contribution in [2.24, 2.45) is 0 Å². The molecule has 1 heterocycles. The fraction of sp³-hybridized carbons (Fsp3) is 0.118. The maximum absolute atomic E-state index is 10.8. The molecule has 2 atom stereocenters. The van der Waals surface area contributed by atoms with Gasteiger partial charge < -0.3 is 9.67 Å². The number of hydrogen-bond donors (Lipinski definition) is 1. The lowest BCUT2D eigenvalue weighted by molar-refractivity contribution is 0.131. The van der Waals surface area contributed by atoms with Crippen LogP contribution in [0.3, 0.4) is 0 Å². The van der Waals surface area contributed by atoms with E-state index in [2.05, 4.69) is 4.98 Å². The molecule has 1 aromatic heterocycles. The molecular weight excluding hydrogens is 248 g/mol. The Morgan fingerprint density at radius 2 is 1.45 bits per heavy atom. The Hall–Kier alpha value is -2.39. The number of rotatable bonds is 4. The molecule has 0 saturated heterocycles. The highest BCUT2D eigenvalue weighted by molar-refractivity contribution is 5.27. The van der Waals surface area contributed by atoms with E-state index in [1.807, 2.05) is 71.4 Å². The summed E-state index contributed by atoms with van der Waals surface area (Å²) in [5.74, 6) is 0. The molecule has 0 amide bonds. The van der Waals surface area contributed by atoms with Crippen molar-refractivity contribution in [1.82, 2.24) is 9.55 Å². The van der Waals surface area contributed by atoms with Gasteiger partial charge in [-0.1, -0.05) is 60.7 Å². The first kappa shape index (κ1) is 12.6. The summed E-state index contributed by atoms with van der Waals surface area (Å²) in [6.07, 6.45) is 4.73. The van der Waals surface area contributed by atoms with Crippen LogP contribution in [0.15, 0.2) is 79.4 Å². The molecule has 3 heteroatoms. The molecular formula is C17H16N2O. The highest BCUT2D eigenvalue weighted by Crippen LogP contribution is 2.31.